The minimum atomic E-state index is -0.833. The van der Waals surface area contributed by atoms with Crippen molar-refractivity contribution >= 4 is 0 Å². The highest BCUT2D eigenvalue weighted by molar-refractivity contribution is 5.58. The molecule has 0 amide bonds. The van der Waals surface area contributed by atoms with E-state index in [1.807, 2.05) is 58.2 Å². The Morgan fingerprint density at radius 3 is 2.48 bits per heavy atom. The van der Waals surface area contributed by atoms with Crippen LogP contribution in [0.3, 0.4) is 0 Å². The molecule has 6 nitrogen and oxygen atoms in total. The van der Waals surface area contributed by atoms with E-state index in [9.17, 15) is 4.39 Å². The van der Waals surface area contributed by atoms with Gasteiger partial charge in [0.1, 0.15) is 11.6 Å². The van der Waals surface area contributed by atoms with Gasteiger partial charge in [0, 0.05) is 11.7 Å². The number of hydrogen-bond donors (Lipinski definition) is 0. The van der Waals surface area contributed by atoms with Gasteiger partial charge in [0.05, 0.1) is 23.4 Å². The van der Waals surface area contributed by atoms with Gasteiger partial charge < -0.3 is 9.30 Å². The highest BCUT2D eigenvalue weighted by atomic mass is 19.1. The molecule has 0 aliphatic rings. The monoisotopic (exact) mass is 393 g/mol. The van der Waals surface area contributed by atoms with Crippen LogP contribution in [0.2, 0.25) is 0 Å². The molecule has 0 spiro atoms. The first-order chi connectivity index (χ1) is 13.6. The van der Waals surface area contributed by atoms with Gasteiger partial charge in [-0.15, -0.1) is 10.2 Å². The standard InChI is InChI=1S/C22H24FN5O/c1-13(2)28-20(17-8-7-16(11-24)10-18(17)23)26-27-21(28)22(5,6)29-19-12-25-15(4)9-14(19)3/h7-10,12-13H,1-6H3. The van der Waals surface area contributed by atoms with Crippen molar-refractivity contribution in [2.45, 2.75) is 53.2 Å². The molecule has 0 unspecified atom stereocenters. The lowest BCUT2D eigenvalue weighted by molar-refractivity contribution is 0.0910. The topological polar surface area (TPSA) is 76.6 Å². The molecule has 0 bridgehead atoms. The number of nitrogens with zero attached hydrogens (tertiary/aromatic N) is 5. The number of rotatable bonds is 5. The van der Waals surface area contributed by atoms with Gasteiger partial charge in [-0.3, -0.25) is 4.98 Å². The lowest BCUT2D eigenvalue weighted by Gasteiger charge is -2.28. The van der Waals surface area contributed by atoms with E-state index in [0.29, 0.717) is 23.0 Å². The second kappa shape index (κ2) is 7.63. The van der Waals surface area contributed by atoms with Gasteiger partial charge >= 0.3 is 0 Å². The molecular weight excluding hydrogens is 369 g/mol. The van der Waals surface area contributed by atoms with Crippen LogP contribution in [-0.4, -0.2) is 19.7 Å². The fourth-order valence-electron chi connectivity index (χ4n) is 3.25. The molecule has 3 aromatic rings. The third-order valence-corrected chi connectivity index (χ3v) is 4.65. The molecule has 0 saturated heterocycles. The Hall–Kier alpha value is -3.27. The Morgan fingerprint density at radius 2 is 1.90 bits per heavy atom. The van der Waals surface area contributed by atoms with Crippen LogP contribution in [-0.2, 0) is 5.60 Å². The predicted molar refractivity (Wildman–Crippen MR) is 108 cm³/mol. The number of halogens is 1. The van der Waals surface area contributed by atoms with Gasteiger partial charge in [-0.1, -0.05) is 0 Å². The summed E-state index contributed by atoms with van der Waals surface area (Å²) < 4.78 is 22.8. The second-order valence-corrected chi connectivity index (χ2v) is 7.82. The molecule has 0 atom stereocenters. The summed E-state index contributed by atoms with van der Waals surface area (Å²) >= 11 is 0. The molecule has 0 radical (unpaired) electrons. The zero-order valence-electron chi connectivity index (χ0n) is 17.5. The van der Waals surface area contributed by atoms with Crippen LogP contribution in [0.4, 0.5) is 4.39 Å². The van der Waals surface area contributed by atoms with Crippen molar-refractivity contribution in [2.24, 2.45) is 0 Å². The van der Waals surface area contributed by atoms with E-state index in [2.05, 4.69) is 15.2 Å². The van der Waals surface area contributed by atoms with E-state index in [1.165, 1.54) is 6.07 Å². The third kappa shape index (κ3) is 3.97. The van der Waals surface area contributed by atoms with E-state index >= 15 is 0 Å². The first-order valence-corrected chi connectivity index (χ1v) is 9.41. The molecule has 1 aromatic carbocycles. The summed E-state index contributed by atoms with van der Waals surface area (Å²) in [7, 11) is 0. The summed E-state index contributed by atoms with van der Waals surface area (Å²) in [6.45, 7) is 11.6. The molecule has 0 fully saturated rings. The molecule has 150 valence electrons. The summed E-state index contributed by atoms with van der Waals surface area (Å²) in [5, 5.41) is 17.6. The number of benzene rings is 1. The largest absolute Gasteiger partial charge is 0.478 e. The summed E-state index contributed by atoms with van der Waals surface area (Å²) in [6, 6.07) is 8.19. The van der Waals surface area contributed by atoms with Gasteiger partial charge in [0.15, 0.2) is 17.2 Å². The Kier molecular flexibility index (Phi) is 5.38. The fraction of sp³-hybridized carbons (Fsp3) is 0.364. The zero-order valence-corrected chi connectivity index (χ0v) is 17.5. The molecule has 2 heterocycles. The average molecular weight is 393 g/mol. The molecule has 0 aliphatic carbocycles. The van der Waals surface area contributed by atoms with Crippen LogP contribution in [0.15, 0.2) is 30.5 Å². The Labute approximate surface area is 170 Å². The van der Waals surface area contributed by atoms with E-state index in [4.69, 9.17) is 10.00 Å². The predicted octanol–water partition coefficient (Wildman–Crippen LogP) is 4.86. The molecule has 0 aliphatic heterocycles. The summed E-state index contributed by atoms with van der Waals surface area (Å²) in [5.74, 6) is 1.12. The van der Waals surface area contributed by atoms with Crippen molar-refractivity contribution in [3.63, 3.8) is 0 Å². The van der Waals surface area contributed by atoms with Crippen molar-refractivity contribution in [1.29, 1.82) is 5.26 Å². The van der Waals surface area contributed by atoms with Crippen molar-refractivity contribution < 1.29 is 9.13 Å². The van der Waals surface area contributed by atoms with Crippen molar-refractivity contribution in [3.8, 4) is 23.2 Å². The Balaban J connectivity index is 2.07. The van der Waals surface area contributed by atoms with Crippen LogP contribution < -0.4 is 4.74 Å². The molecule has 0 saturated carbocycles. The fourth-order valence-corrected chi connectivity index (χ4v) is 3.25. The van der Waals surface area contributed by atoms with Gasteiger partial charge in [-0.25, -0.2) is 4.39 Å². The first kappa shape index (κ1) is 20.5. The maximum atomic E-state index is 14.6. The van der Waals surface area contributed by atoms with Gasteiger partial charge in [0.2, 0.25) is 0 Å². The Morgan fingerprint density at radius 1 is 1.17 bits per heavy atom. The summed E-state index contributed by atoms with van der Waals surface area (Å²) in [4.78, 5) is 4.31. The maximum Gasteiger partial charge on any atom is 0.177 e. The van der Waals surface area contributed by atoms with Crippen molar-refractivity contribution in [2.75, 3.05) is 0 Å². The zero-order chi connectivity index (χ0) is 21.3. The van der Waals surface area contributed by atoms with Crippen LogP contribution in [0.1, 0.15) is 56.4 Å². The summed E-state index contributed by atoms with van der Waals surface area (Å²) in [5.41, 5.74) is 1.60. The minimum absolute atomic E-state index is 0.0369. The van der Waals surface area contributed by atoms with Gasteiger partial charge in [-0.2, -0.15) is 5.26 Å². The number of nitriles is 1. The van der Waals surface area contributed by atoms with E-state index < -0.39 is 11.4 Å². The molecular formula is C22H24FN5O. The van der Waals surface area contributed by atoms with Gasteiger partial charge in [-0.05, 0) is 71.4 Å². The van der Waals surface area contributed by atoms with E-state index in [1.54, 1.807) is 18.3 Å². The number of aromatic nitrogens is 4. The second-order valence-electron chi connectivity index (χ2n) is 7.82. The molecule has 2 aromatic heterocycles. The lowest BCUT2D eigenvalue weighted by Crippen LogP contribution is -2.31. The first-order valence-electron chi connectivity index (χ1n) is 9.41. The maximum absolute atomic E-state index is 14.6. The number of ether oxygens (including phenoxy) is 1. The smallest absolute Gasteiger partial charge is 0.177 e. The lowest BCUT2D eigenvalue weighted by atomic mass is 10.1. The molecule has 29 heavy (non-hydrogen) atoms. The SMILES string of the molecule is Cc1cc(C)c(OC(C)(C)c2nnc(-c3ccc(C#N)cc3F)n2C(C)C)cn1. The number of hydrogen-bond acceptors (Lipinski definition) is 5. The number of pyridine rings is 1. The number of aryl methyl sites for hydroxylation is 2. The van der Waals surface area contributed by atoms with Gasteiger partial charge in [0.25, 0.3) is 0 Å². The van der Waals surface area contributed by atoms with Crippen LogP contribution >= 0.6 is 0 Å². The van der Waals surface area contributed by atoms with Crippen LogP contribution in [0, 0.1) is 31.0 Å². The third-order valence-electron chi connectivity index (χ3n) is 4.65. The highest BCUT2D eigenvalue weighted by Gasteiger charge is 2.33. The average Bonchev–Trinajstić information content (AvgIpc) is 3.10. The molecule has 3 rings (SSSR count). The minimum Gasteiger partial charge on any atom is -0.478 e. The molecule has 7 heteroatoms. The van der Waals surface area contributed by atoms with Crippen molar-refractivity contribution in [1.82, 2.24) is 19.7 Å². The van der Waals surface area contributed by atoms with Crippen LogP contribution in [0.5, 0.6) is 5.75 Å². The summed E-state index contributed by atoms with van der Waals surface area (Å²) in [6.07, 6.45) is 1.70. The van der Waals surface area contributed by atoms with Crippen LogP contribution in [0.25, 0.3) is 11.4 Å². The van der Waals surface area contributed by atoms with E-state index in [-0.39, 0.29) is 11.6 Å². The molecule has 0 N–H and O–H groups in total. The normalized spacial score (nSPS) is 11.6. The van der Waals surface area contributed by atoms with E-state index in [0.717, 1.165) is 11.3 Å². The van der Waals surface area contributed by atoms with Crippen molar-refractivity contribution in [3.05, 3.63) is 58.9 Å². The quantitative estimate of drug-likeness (QED) is 0.618. The Bertz CT molecular complexity index is 1100. The highest BCUT2D eigenvalue weighted by Crippen LogP contribution is 2.33.